The molecule has 1 atom stereocenters. The highest BCUT2D eigenvalue weighted by Crippen LogP contribution is 2.39. The normalized spacial score (nSPS) is 18.1. The number of halogens is 3. The van der Waals surface area contributed by atoms with Gasteiger partial charge < -0.3 is 10.2 Å². The van der Waals surface area contributed by atoms with Gasteiger partial charge in [-0.1, -0.05) is 0 Å². The van der Waals surface area contributed by atoms with Gasteiger partial charge in [0, 0.05) is 32.3 Å². The van der Waals surface area contributed by atoms with E-state index in [-0.39, 0.29) is 42.1 Å². The Kier molecular flexibility index (Phi) is 6.07. The van der Waals surface area contributed by atoms with Crippen LogP contribution in [-0.2, 0) is 17.4 Å². The van der Waals surface area contributed by atoms with Crippen LogP contribution in [0.5, 0.6) is 0 Å². The maximum Gasteiger partial charge on any atom is 0.422 e. The number of hydrogen-bond donors (Lipinski definition) is 2. The van der Waals surface area contributed by atoms with Crippen LogP contribution in [0.3, 0.4) is 0 Å². The average molecular weight is 461 g/mol. The molecule has 0 bridgehead atoms. The number of hydrogen-bond acceptors (Lipinski definition) is 7. The first-order valence-corrected chi connectivity index (χ1v) is 10.5. The summed E-state index contributed by atoms with van der Waals surface area (Å²) in [7, 11) is 1.74. The van der Waals surface area contributed by atoms with Crippen molar-refractivity contribution in [2.24, 2.45) is 0 Å². The lowest BCUT2D eigenvalue weighted by molar-refractivity contribution is -0.139. The van der Waals surface area contributed by atoms with Crippen LogP contribution < -0.4 is 10.9 Å². The fourth-order valence-electron chi connectivity index (χ4n) is 4.29. The third-order valence-corrected chi connectivity index (χ3v) is 6.07. The summed E-state index contributed by atoms with van der Waals surface area (Å²) in [5.74, 6) is 0.589. The highest BCUT2D eigenvalue weighted by atomic mass is 19.4. The van der Waals surface area contributed by atoms with Crippen LogP contribution in [0.4, 0.5) is 19.0 Å². The van der Waals surface area contributed by atoms with Crippen molar-refractivity contribution in [2.45, 2.75) is 37.5 Å². The van der Waals surface area contributed by atoms with E-state index < -0.39 is 17.3 Å². The van der Waals surface area contributed by atoms with Crippen LogP contribution in [0.2, 0.25) is 0 Å². The van der Waals surface area contributed by atoms with E-state index >= 15 is 0 Å². The highest BCUT2D eigenvalue weighted by molar-refractivity contribution is 5.77. The minimum absolute atomic E-state index is 0.0451. The van der Waals surface area contributed by atoms with Crippen LogP contribution in [-0.4, -0.2) is 63.6 Å². The van der Waals surface area contributed by atoms with Crippen LogP contribution in [0, 0.1) is 11.3 Å². The molecule has 2 N–H and O–H groups in total. The van der Waals surface area contributed by atoms with Gasteiger partial charge in [0.1, 0.15) is 17.5 Å². The Bertz CT molecular complexity index is 1130. The Labute approximate surface area is 187 Å². The fourth-order valence-corrected chi connectivity index (χ4v) is 4.29. The minimum atomic E-state index is -4.74. The second-order valence-corrected chi connectivity index (χ2v) is 8.26. The molecule has 3 heterocycles. The number of nitrogens with zero attached hydrogens (tertiary/aromatic N) is 5. The number of carbonyl (C=O) groups is 1. The number of alkyl halides is 3. The number of carbonyl (C=O) groups excluding carboxylic acids is 1. The van der Waals surface area contributed by atoms with E-state index in [0.717, 1.165) is 0 Å². The Morgan fingerprint density at radius 1 is 1.39 bits per heavy atom. The Balaban J connectivity index is 1.28. The first kappa shape index (κ1) is 22.7. The fraction of sp³-hybridized carbons (Fsp3) is 0.476. The molecule has 2 aliphatic rings. The van der Waals surface area contributed by atoms with Crippen molar-refractivity contribution >= 4 is 11.7 Å². The molecule has 0 spiro atoms. The molecule has 1 aliphatic heterocycles. The molecule has 33 heavy (non-hydrogen) atoms. The van der Waals surface area contributed by atoms with Gasteiger partial charge in [0.15, 0.2) is 0 Å². The molecule has 9 nitrogen and oxygen atoms in total. The van der Waals surface area contributed by atoms with Gasteiger partial charge in [0.2, 0.25) is 5.91 Å². The number of anilines is 1. The van der Waals surface area contributed by atoms with E-state index in [2.05, 4.69) is 15.4 Å². The number of amides is 1. The van der Waals surface area contributed by atoms with E-state index in [1.165, 1.54) is 6.20 Å². The second kappa shape index (κ2) is 8.82. The lowest BCUT2D eigenvalue weighted by Gasteiger charge is -2.40. The zero-order chi connectivity index (χ0) is 23.8. The van der Waals surface area contributed by atoms with Gasteiger partial charge in [-0.25, -0.2) is 10.1 Å². The number of pyridine rings is 1. The van der Waals surface area contributed by atoms with E-state index in [4.69, 9.17) is 5.26 Å². The molecule has 0 radical (unpaired) electrons. The maximum atomic E-state index is 13.3. The topological polar surface area (TPSA) is 118 Å². The predicted molar refractivity (Wildman–Crippen MR) is 111 cm³/mol. The van der Waals surface area contributed by atoms with E-state index in [9.17, 15) is 22.8 Å². The molecular weight excluding hydrogens is 439 g/mol. The molecule has 1 aliphatic carbocycles. The predicted octanol–water partition coefficient (Wildman–Crippen LogP) is 1.69. The smallest absolute Gasteiger partial charge is 0.364 e. The molecule has 4 rings (SSSR count). The molecule has 0 aromatic carbocycles. The lowest BCUT2D eigenvalue weighted by atomic mass is 10.1. The average Bonchev–Trinajstić information content (AvgIpc) is 3.17. The molecule has 0 saturated carbocycles. The first-order chi connectivity index (χ1) is 15.7. The van der Waals surface area contributed by atoms with E-state index in [1.807, 2.05) is 16.1 Å². The molecule has 12 heteroatoms. The Hall–Kier alpha value is -3.46. The zero-order valence-corrected chi connectivity index (χ0v) is 17.8. The summed E-state index contributed by atoms with van der Waals surface area (Å²) >= 11 is 0. The summed E-state index contributed by atoms with van der Waals surface area (Å²) < 4.78 is 39.9. The van der Waals surface area contributed by atoms with Crippen LogP contribution in [0.1, 0.15) is 41.3 Å². The molecule has 1 amide bonds. The van der Waals surface area contributed by atoms with Crippen molar-refractivity contribution in [2.75, 3.05) is 32.0 Å². The summed E-state index contributed by atoms with van der Waals surface area (Å²) in [6.45, 7) is 1.40. The molecule has 174 valence electrons. The largest absolute Gasteiger partial charge is 0.422 e. The minimum Gasteiger partial charge on any atom is -0.364 e. The maximum absolute atomic E-state index is 13.3. The number of aromatic amines is 1. The number of rotatable bonds is 6. The molecule has 2 aromatic rings. The standard InChI is InChI=1S/C21H22F3N7O2/c1-30(15-4-3-14-18(21(22,23)24)20(33)29-28-19(14)15)7-6-17(32)31-10-13(11-31)27-16-5-2-12(8-25)9-26-16/h2,5,9,13,15H,3-4,6-7,10-11H2,1H3,(H,26,27)(H,29,33). The number of H-pyrrole nitrogens is 1. The van der Waals surface area contributed by atoms with E-state index in [0.29, 0.717) is 37.4 Å². The van der Waals surface area contributed by atoms with Crippen LogP contribution in [0.15, 0.2) is 23.1 Å². The van der Waals surface area contributed by atoms with Gasteiger partial charge in [-0.3, -0.25) is 14.5 Å². The molecular formula is C21H22F3N7O2. The third kappa shape index (κ3) is 4.68. The number of likely N-dealkylation sites (tertiary alicyclic amines) is 1. The lowest BCUT2D eigenvalue weighted by Crippen LogP contribution is -2.57. The summed E-state index contributed by atoms with van der Waals surface area (Å²) in [6.07, 6.45) is -2.52. The summed E-state index contributed by atoms with van der Waals surface area (Å²) in [5, 5.41) is 17.9. The quantitative estimate of drug-likeness (QED) is 0.672. The Morgan fingerprint density at radius 3 is 2.79 bits per heavy atom. The second-order valence-electron chi connectivity index (χ2n) is 8.26. The number of nitrogens with one attached hydrogen (secondary N) is 2. The van der Waals surface area contributed by atoms with Crippen molar-refractivity contribution in [1.82, 2.24) is 25.0 Å². The summed E-state index contributed by atoms with van der Waals surface area (Å²) in [6, 6.07) is 5.05. The molecule has 1 saturated heterocycles. The molecule has 2 aromatic heterocycles. The van der Waals surface area contributed by atoms with Crippen LogP contribution >= 0.6 is 0 Å². The highest BCUT2D eigenvalue weighted by Gasteiger charge is 2.42. The number of aromatic nitrogens is 3. The van der Waals surface area contributed by atoms with Gasteiger partial charge in [-0.05, 0) is 37.6 Å². The van der Waals surface area contributed by atoms with Gasteiger partial charge in [-0.15, -0.1) is 0 Å². The molecule has 1 fully saturated rings. The SMILES string of the molecule is CN(CCC(=O)N1CC(Nc2ccc(C#N)cn2)C1)C1CCc2c1n[nH]c(=O)c2C(F)(F)F. The number of nitriles is 1. The zero-order valence-electron chi connectivity index (χ0n) is 17.8. The number of fused-ring (bicyclic) bond motifs is 1. The monoisotopic (exact) mass is 461 g/mol. The Morgan fingerprint density at radius 2 is 2.15 bits per heavy atom. The van der Waals surface area contributed by atoms with Gasteiger partial charge in [-0.2, -0.15) is 23.5 Å². The van der Waals surface area contributed by atoms with Crippen molar-refractivity contribution in [3.05, 3.63) is 51.1 Å². The summed E-state index contributed by atoms with van der Waals surface area (Å²) in [4.78, 5) is 31.9. The van der Waals surface area contributed by atoms with Gasteiger partial charge >= 0.3 is 6.18 Å². The van der Waals surface area contributed by atoms with Crippen molar-refractivity contribution in [3.8, 4) is 6.07 Å². The van der Waals surface area contributed by atoms with Crippen molar-refractivity contribution in [1.29, 1.82) is 5.26 Å². The summed E-state index contributed by atoms with van der Waals surface area (Å²) in [5.41, 5.74) is -1.76. The van der Waals surface area contributed by atoms with E-state index in [1.54, 1.807) is 24.1 Å². The van der Waals surface area contributed by atoms with Crippen LogP contribution in [0.25, 0.3) is 0 Å². The van der Waals surface area contributed by atoms with Gasteiger partial charge in [0.05, 0.1) is 23.3 Å². The first-order valence-electron chi connectivity index (χ1n) is 10.5. The molecule has 1 unspecified atom stereocenters. The third-order valence-electron chi connectivity index (χ3n) is 6.07. The van der Waals surface area contributed by atoms with Crippen molar-refractivity contribution < 1.29 is 18.0 Å². The van der Waals surface area contributed by atoms with Crippen molar-refractivity contribution in [3.63, 3.8) is 0 Å². The van der Waals surface area contributed by atoms with Gasteiger partial charge in [0.25, 0.3) is 5.56 Å².